The number of methoxy groups -OCH3 is 1. The van der Waals surface area contributed by atoms with Crippen molar-refractivity contribution in [2.24, 2.45) is 10.9 Å². The van der Waals surface area contributed by atoms with Gasteiger partial charge in [-0.25, -0.2) is 4.79 Å². The van der Waals surface area contributed by atoms with Crippen LogP contribution in [0.25, 0.3) is 0 Å². The molecular weight excluding hydrogens is 164 g/mol. The van der Waals surface area contributed by atoms with E-state index in [1.54, 1.807) is 6.92 Å². The Morgan fingerprint density at radius 3 is 2.42 bits per heavy atom. The largest absolute Gasteiger partial charge is 0.464 e. The fourth-order valence-corrected chi connectivity index (χ4v) is 0.409. The molecule has 0 bridgehead atoms. The molecule has 0 aromatic rings. The molecule has 0 rings (SSSR count). The normalized spacial score (nSPS) is 10.7. The zero-order valence-corrected chi connectivity index (χ0v) is 6.86. The number of nitrogens with two attached hydrogens (primary N) is 1. The molecule has 0 atom stereocenters. The number of hydrogen-bond acceptors (Lipinski definition) is 5. The van der Waals surface area contributed by atoms with Crippen LogP contribution in [0.1, 0.15) is 6.92 Å². The van der Waals surface area contributed by atoms with Crippen LogP contribution in [-0.4, -0.2) is 31.3 Å². The van der Waals surface area contributed by atoms with E-state index in [0.29, 0.717) is 0 Å². The van der Waals surface area contributed by atoms with Crippen molar-refractivity contribution in [3.05, 3.63) is 0 Å². The second-order valence-corrected chi connectivity index (χ2v) is 1.71. The van der Waals surface area contributed by atoms with Crippen LogP contribution in [0.4, 0.5) is 0 Å². The van der Waals surface area contributed by atoms with Gasteiger partial charge in [-0.3, -0.25) is 4.79 Å². The second kappa shape index (κ2) is 5.11. The number of nitrogens with zero attached hydrogens (tertiary/aromatic N) is 1. The van der Waals surface area contributed by atoms with Gasteiger partial charge in [0.1, 0.15) is 6.61 Å². The van der Waals surface area contributed by atoms with Crippen molar-refractivity contribution >= 4 is 17.6 Å². The predicted octanol–water partition coefficient (Wildman–Crippen LogP) is -0.963. The highest BCUT2D eigenvalue weighted by Gasteiger charge is 2.18. The van der Waals surface area contributed by atoms with Crippen molar-refractivity contribution < 1.29 is 19.2 Å². The van der Waals surface area contributed by atoms with Gasteiger partial charge < -0.3 is 15.3 Å². The molecule has 0 aromatic carbocycles. The third kappa shape index (κ3) is 3.00. The molecule has 0 aliphatic rings. The lowest BCUT2D eigenvalue weighted by Gasteiger charge is -1.98. The topological polar surface area (TPSA) is 91.0 Å². The highest BCUT2D eigenvalue weighted by Crippen LogP contribution is 1.85. The molecule has 0 saturated heterocycles. The fourth-order valence-electron chi connectivity index (χ4n) is 0.409. The van der Waals surface area contributed by atoms with Gasteiger partial charge in [0.25, 0.3) is 11.6 Å². The third-order valence-electron chi connectivity index (χ3n) is 0.897. The zero-order valence-electron chi connectivity index (χ0n) is 6.86. The van der Waals surface area contributed by atoms with E-state index in [-0.39, 0.29) is 6.61 Å². The molecule has 0 saturated carbocycles. The van der Waals surface area contributed by atoms with Gasteiger partial charge in [0.05, 0.1) is 7.11 Å². The highest BCUT2D eigenvalue weighted by molar-refractivity contribution is 6.63. The Morgan fingerprint density at radius 1 is 1.50 bits per heavy atom. The number of carbonyl (C=O) groups excluding carboxylic acids is 2. The number of esters is 1. The van der Waals surface area contributed by atoms with Crippen molar-refractivity contribution in [1.29, 1.82) is 0 Å². The summed E-state index contributed by atoms with van der Waals surface area (Å²) in [5.74, 6) is -1.88. The first kappa shape index (κ1) is 10.4. The number of rotatable bonds is 4. The molecule has 68 valence electrons. The summed E-state index contributed by atoms with van der Waals surface area (Å²) in [6.45, 7) is 1.90. The van der Waals surface area contributed by atoms with Crippen LogP contribution in [0.5, 0.6) is 0 Å². The molecule has 0 fully saturated rings. The summed E-state index contributed by atoms with van der Waals surface area (Å²) < 4.78 is 4.22. The number of hydrogen-bond donors (Lipinski definition) is 1. The van der Waals surface area contributed by atoms with Gasteiger partial charge in [-0.15, -0.1) is 0 Å². The first-order valence-electron chi connectivity index (χ1n) is 3.21. The molecule has 0 spiro atoms. The molecule has 0 aliphatic heterocycles. The molecule has 0 aliphatic carbocycles. The lowest BCUT2D eigenvalue weighted by Crippen LogP contribution is -2.31. The second-order valence-electron chi connectivity index (χ2n) is 1.71. The minimum absolute atomic E-state index is 0.244. The molecule has 2 N–H and O–H groups in total. The number of ether oxygens (including phenoxy) is 1. The van der Waals surface area contributed by atoms with Crippen molar-refractivity contribution in [2.45, 2.75) is 6.92 Å². The van der Waals surface area contributed by atoms with Crippen molar-refractivity contribution in [2.75, 3.05) is 13.7 Å². The molecular formula is C6H10N2O4. The van der Waals surface area contributed by atoms with Crippen molar-refractivity contribution in [3.63, 3.8) is 0 Å². The van der Waals surface area contributed by atoms with Gasteiger partial charge in [-0.1, -0.05) is 5.16 Å². The fraction of sp³-hybridized carbons (Fsp3) is 0.500. The van der Waals surface area contributed by atoms with E-state index in [4.69, 9.17) is 5.73 Å². The molecule has 0 heterocycles. The molecule has 0 aromatic heterocycles. The number of oxime groups is 1. The quantitative estimate of drug-likeness (QED) is 0.257. The lowest BCUT2D eigenvalue weighted by atomic mass is 10.4. The van der Waals surface area contributed by atoms with Crippen LogP contribution in [0, 0.1) is 0 Å². The summed E-state index contributed by atoms with van der Waals surface area (Å²) in [5.41, 5.74) is 4.26. The molecule has 6 heteroatoms. The van der Waals surface area contributed by atoms with E-state index in [1.165, 1.54) is 0 Å². The van der Waals surface area contributed by atoms with Gasteiger partial charge in [0.2, 0.25) is 0 Å². The average Bonchev–Trinajstić information content (AvgIpc) is 2.04. The Hall–Kier alpha value is -1.59. The molecule has 12 heavy (non-hydrogen) atoms. The zero-order chi connectivity index (χ0) is 9.56. The maximum atomic E-state index is 10.7. The van der Waals surface area contributed by atoms with Crippen LogP contribution < -0.4 is 5.73 Å². The standard InChI is InChI=1S/C6H10N2O4/c1-3-12-8-4(5(7)9)6(10)11-2/h3H2,1-2H3,(H2,7,9). The average molecular weight is 174 g/mol. The van der Waals surface area contributed by atoms with Crippen molar-refractivity contribution in [1.82, 2.24) is 0 Å². The van der Waals surface area contributed by atoms with Crippen LogP contribution >= 0.6 is 0 Å². The van der Waals surface area contributed by atoms with E-state index in [1.807, 2.05) is 0 Å². The Kier molecular flexibility index (Phi) is 4.43. The maximum Gasteiger partial charge on any atom is 0.365 e. The van der Waals surface area contributed by atoms with Crippen LogP contribution in [0.2, 0.25) is 0 Å². The SMILES string of the molecule is CCON=C(C(N)=O)C(=O)OC. The molecule has 0 radical (unpaired) electrons. The van der Waals surface area contributed by atoms with Crippen LogP contribution in [0.3, 0.4) is 0 Å². The van der Waals surface area contributed by atoms with Gasteiger partial charge in [-0.2, -0.15) is 0 Å². The van der Waals surface area contributed by atoms with Crippen LogP contribution in [-0.2, 0) is 19.2 Å². The molecule has 1 amide bonds. The summed E-state index contributed by atoms with van der Waals surface area (Å²) >= 11 is 0. The number of carbonyl (C=O) groups is 2. The Morgan fingerprint density at radius 2 is 2.08 bits per heavy atom. The minimum Gasteiger partial charge on any atom is -0.464 e. The van der Waals surface area contributed by atoms with E-state index in [2.05, 4.69) is 14.7 Å². The molecule has 0 unspecified atom stereocenters. The van der Waals surface area contributed by atoms with Crippen molar-refractivity contribution in [3.8, 4) is 0 Å². The molecule has 6 nitrogen and oxygen atoms in total. The lowest BCUT2D eigenvalue weighted by molar-refractivity contribution is -0.133. The smallest absolute Gasteiger partial charge is 0.365 e. The van der Waals surface area contributed by atoms with Gasteiger partial charge in [0.15, 0.2) is 0 Å². The Balaban J connectivity index is 4.43. The Bertz CT molecular complexity index is 212. The van der Waals surface area contributed by atoms with Crippen LogP contribution in [0.15, 0.2) is 5.16 Å². The van der Waals surface area contributed by atoms with Gasteiger partial charge in [0, 0.05) is 0 Å². The summed E-state index contributed by atoms with van der Waals surface area (Å²) in [6, 6.07) is 0. The first-order chi connectivity index (χ1) is 5.63. The Labute approximate surface area is 69.3 Å². The summed E-state index contributed by atoms with van der Waals surface area (Å²) in [4.78, 5) is 25.7. The van der Waals surface area contributed by atoms with E-state index >= 15 is 0 Å². The predicted molar refractivity (Wildman–Crippen MR) is 40.3 cm³/mol. The summed E-state index contributed by atoms with van der Waals surface area (Å²) in [6.07, 6.45) is 0. The highest BCUT2D eigenvalue weighted by atomic mass is 16.6. The van der Waals surface area contributed by atoms with E-state index < -0.39 is 17.6 Å². The summed E-state index contributed by atoms with van der Waals surface area (Å²) in [7, 11) is 1.12. The summed E-state index contributed by atoms with van der Waals surface area (Å²) in [5, 5.41) is 3.18. The van der Waals surface area contributed by atoms with Gasteiger partial charge >= 0.3 is 5.97 Å². The first-order valence-corrected chi connectivity index (χ1v) is 3.21. The van der Waals surface area contributed by atoms with E-state index in [0.717, 1.165) is 7.11 Å². The van der Waals surface area contributed by atoms with E-state index in [9.17, 15) is 9.59 Å². The van der Waals surface area contributed by atoms with Gasteiger partial charge in [-0.05, 0) is 6.92 Å². The minimum atomic E-state index is -0.977. The number of primary amides is 1. The third-order valence-corrected chi connectivity index (χ3v) is 0.897. The number of amides is 1. The monoisotopic (exact) mass is 174 g/mol. The maximum absolute atomic E-state index is 10.7.